The summed E-state index contributed by atoms with van der Waals surface area (Å²) >= 11 is 0. The van der Waals surface area contributed by atoms with E-state index < -0.39 is 0 Å². The molecule has 1 aromatic carbocycles. The van der Waals surface area contributed by atoms with Gasteiger partial charge in [-0.25, -0.2) is 9.18 Å². The number of carbonyl (C=O) groups excluding carboxylic acids is 2. The molecule has 4 aliphatic rings. The minimum absolute atomic E-state index is 0.0763. The zero-order valence-electron chi connectivity index (χ0n) is 22.9. The molecule has 204 valence electrons. The van der Waals surface area contributed by atoms with Crippen molar-refractivity contribution in [3.8, 4) is 0 Å². The van der Waals surface area contributed by atoms with Gasteiger partial charge in [0.25, 0.3) is 0 Å². The van der Waals surface area contributed by atoms with Gasteiger partial charge in [-0.1, -0.05) is 50.3 Å². The van der Waals surface area contributed by atoms with Gasteiger partial charge in [0.15, 0.2) is 0 Å². The van der Waals surface area contributed by atoms with E-state index in [1.807, 2.05) is 19.9 Å². The Morgan fingerprint density at radius 2 is 2.05 bits per heavy atom. The van der Waals surface area contributed by atoms with Crippen molar-refractivity contribution in [3.63, 3.8) is 0 Å². The minimum Gasteiger partial charge on any atom is -0.462 e. The normalized spacial score (nSPS) is 36.6. The lowest BCUT2D eigenvalue weighted by molar-refractivity contribution is -0.144. The van der Waals surface area contributed by atoms with Gasteiger partial charge in [-0.3, -0.25) is 4.79 Å². The van der Waals surface area contributed by atoms with E-state index in [0.29, 0.717) is 18.4 Å². The molecule has 1 amide bonds. The van der Waals surface area contributed by atoms with Crippen LogP contribution in [0.4, 0.5) is 9.18 Å². The first-order chi connectivity index (χ1) is 18.2. The van der Waals surface area contributed by atoms with Crippen molar-refractivity contribution >= 4 is 17.6 Å². The summed E-state index contributed by atoms with van der Waals surface area (Å²) in [5.74, 6) is 0.850. The summed E-state index contributed by atoms with van der Waals surface area (Å²) < 4.78 is 24.7. The Morgan fingerprint density at radius 3 is 2.79 bits per heavy atom. The molecule has 1 aromatic rings. The van der Waals surface area contributed by atoms with Crippen LogP contribution in [0.3, 0.4) is 0 Å². The number of benzene rings is 1. The molecule has 5 rings (SSSR count). The van der Waals surface area contributed by atoms with Gasteiger partial charge >= 0.3 is 12.1 Å². The molecule has 0 bridgehead atoms. The Hall–Kier alpha value is -2.89. The number of carbonyl (C=O) groups is 2. The van der Waals surface area contributed by atoms with Gasteiger partial charge in [0, 0.05) is 11.5 Å². The van der Waals surface area contributed by atoms with Crippen LogP contribution in [0.25, 0.3) is 5.57 Å². The molecule has 1 heterocycles. The Bertz CT molecular complexity index is 1170. The van der Waals surface area contributed by atoms with E-state index in [1.165, 1.54) is 11.6 Å². The van der Waals surface area contributed by atoms with Gasteiger partial charge in [-0.05, 0) is 98.5 Å². The summed E-state index contributed by atoms with van der Waals surface area (Å²) in [7, 11) is 0. The van der Waals surface area contributed by atoms with Crippen molar-refractivity contribution in [3.05, 3.63) is 65.5 Å². The third-order valence-electron chi connectivity index (χ3n) is 9.79. The van der Waals surface area contributed by atoms with Gasteiger partial charge in [0.1, 0.15) is 11.9 Å². The molecule has 0 aromatic heterocycles. The lowest BCUT2D eigenvalue weighted by Gasteiger charge is -2.52. The van der Waals surface area contributed by atoms with Crippen LogP contribution in [-0.4, -0.2) is 30.8 Å². The Balaban J connectivity index is 1.39. The number of amides is 1. The number of alkyl carbamates (subject to hydrolysis) is 1. The second-order valence-corrected chi connectivity index (χ2v) is 11.9. The van der Waals surface area contributed by atoms with Gasteiger partial charge in [-0.2, -0.15) is 0 Å². The smallest absolute Gasteiger partial charge is 0.407 e. The zero-order valence-corrected chi connectivity index (χ0v) is 22.9. The van der Waals surface area contributed by atoms with Crippen molar-refractivity contribution in [2.24, 2.45) is 35.0 Å². The molecule has 8 atom stereocenters. The predicted octanol–water partition coefficient (Wildman–Crippen LogP) is 6.85. The van der Waals surface area contributed by atoms with Crippen LogP contribution in [0.1, 0.15) is 65.4 Å². The number of rotatable bonds is 5. The van der Waals surface area contributed by atoms with Crippen LogP contribution in [0, 0.1) is 40.8 Å². The molecule has 0 radical (unpaired) electrons. The van der Waals surface area contributed by atoms with Crippen LogP contribution in [-0.2, 0) is 14.3 Å². The maximum atomic E-state index is 13.8. The highest BCUT2D eigenvalue weighted by atomic mass is 19.1. The highest BCUT2D eigenvalue weighted by Gasteiger charge is 2.62. The standard InChI is InChI=1S/C32H40FNO4/c1-5-37-31(36)34-25-11-13-27-23(17-25)18-29-30(35)38-20(3)32(29,4)28(27)14-10-21-9-12-26(19(2)15-21)22-7-6-8-24(33)16-22/h6-10,12,14,16,19-20,23,25,27-29H,5,11,13,15,17-18H2,1-4H3,(H,34,36)/b14-10+/t19?,20-,23-,25-,27+,28+,29-,32+/m1/s1. The third-order valence-corrected chi connectivity index (χ3v) is 9.79. The van der Waals surface area contributed by atoms with Crippen LogP contribution in [0.15, 0.2) is 54.1 Å². The molecule has 38 heavy (non-hydrogen) atoms. The second-order valence-electron chi connectivity index (χ2n) is 11.9. The van der Waals surface area contributed by atoms with Gasteiger partial charge in [0.05, 0.1) is 12.5 Å². The summed E-state index contributed by atoms with van der Waals surface area (Å²) in [5, 5.41) is 3.03. The van der Waals surface area contributed by atoms with E-state index in [0.717, 1.165) is 43.2 Å². The molecule has 3 fully saturated rings. The number of allylic oxidation sites excluding steroid dienone is 6. The van der Waals surface area contributed by atoms with E-state index in [4.69, 9.17) is 9.47 Å². The lowest BCUT2D eigenvalue weighted by atomic mass is 9.50. The van der Waals surface area contributed by atoms with Gasteiger partial charge < -0.3 is 14.8 Å². The average Bonchev–Trinajstić information content (AvgIpc) is 3.09. The van der Waals surface area contributed by atoms with Gasteiger partial charge in [-0.15, -0.1) is 0 Å². The van der Waals surface area contributed by atoms with Crippen molar-refractivity contribution in [2.45, 2.75) is 71.9 Å². The Kier molecular flexibility index (Phi) is 7.52. The first-order valence-electron chi connectivity index (χ1n) is 14.2. The molecular weight excluding hydrogens is 481 g/mol. The minimum atomic E-state index is -0.356. The van der Waals surface area contributed by atoms with Crippen LogP contribution in [0.5, 0.6) is 0 Å². The number of halogens is 1. The topological polar surface area (TPSA) is 64.6 Å². The van der Waals surface area contributed by atoms with Crippen molar-refractivity contribution in [2.75, 3.05) is 6.61 Å². The molecule has 1 saturated heterocycles. The van der Waals surface area contributed by atoms with E-state index in [1.54, 1.807) is 12.1 Å². The highest BCUT2D eigenvalue weighted by Crippen LogP contribution is 2.60. The number of hydrogen-bond donors (Lipinski definition) is 1. The van der Waals surface area contributed by atoms with E-state index in [-0.39, 0.29) is 53.2 Å². The van der Waals surface area contributed by atoms with Crippen LogP contribution in [0.2, 0.25) is 0 Å². The maximum absolute atomic E-state index is 13.8. The van der Waals surface area contributed by atoms with Gasteiger partial charge in [0.2, 0.25) is 0 Å². The maximum Gasteiger partial charge on any atom is 0.407 e. The summed E-state index contributed by atoms with van der Waals surface area (Å²) in [4.78, 5) is 25.0. The number of hydrogen-bond acceptors (Lipinski definition) is 4. The first kappa shape index (κ1) is 26.7. The lowest BCUT2D eigenvalue weighted by Crippen LogP contribution is -2.53. The Morgan fingerprint density at radius 1 is 1.24 bits per heavy atom. The van der Waals surface area contributed by atoms with Crippen molar-refractivity contribution in [1.29, 1.82) is 0 Å². The third kappa shape index (κ3) is 4.94. The second kappa shape index (κ2) is 10.7. The molecule has 5 nitrogen and oxygen atoms in total. The summed E-state index contributed by atoms with van der Waals surface area (Å²) in [6.45, 7) is 8.64. The number of ether oxygens (including phenoxy) is 2. The zero-order chi connectivity index (χ0) is 27.0. The van der Waals surface area contributed by atoms with Crippen molar-refractivity contribution < 1.29 is 23.5 Å². The van der Waals surface area contributed by atoms with Crippen molar-refractivity contribution in [1.82, 2.24) is 5.32 Å². The van der Waals surface area contributed by atoms with Crippen LogP contribution >= 0.6 is 0 Å². The molecular formula is C32H40FNO4. The number of fused-ring (bicyclic) bond motifs is 2. The first-order valence-corrected chi connectivity index (χ1v) is 14.2. The molecule has 3 aliphatic carbocycles. The van der Waals surface area contributed by atoms with E-state index in [9.17, 15) is 14.0 Å². The predicted molar refractivity (Wildman–Crippen MR) is 145 cm³/mol. The SMILES string of the molecule is CCOC(=O)N[C@@H]1CC[C@H]2[C@H](C1)C[C@@H]1C(=O)O[C@H](C)[C@@]1(C)[C@H]2/C=C/C1=CC=C(c2cccc(F)c2)C(C)C1. The van der Waals surface area contributed by atoms with E-state index >= 15 is 0 Å². The summed E-state index contributed by atoms with van der Waals surface area (Å²) in [6.07, 6.45) is 12.9. The molecule has 1 aliphatic heterocycles. The molecule has 6 heteroatoms. The van der Waals surface area contributed by atoms with E-state index in [2.05, 4.69) is 43.5 Å². The largest absolute Gasteiger partial charge is 0.462 e. The molecule has 1 N–H and O–H groups in total. The quantitative estimate of drug-likeness (QED) is 0.431. The number of esters is 1. The Labute approximate surface area is 225 Å². The molecule has 2 saturated carbocycles. The number of nitrogens with one attached hydrogen (secondary N) is 1. The molecule has 1 unspecified atom stereocenters. The fourth-order valence-corrected chi connectivity index (χ4v) is 7.68. The highest BCUT2D eigenvalue weighted by molar-refractivity contribution is 5.77. The monoisotopic (exact) mass is 521 g/mol. The summed E-state index contributed by atoms with van der Waals surface area (Å²) in [5.41, 5.74) is 3.09. The fourth-order valence-electron chi connectivity index (χ4n) is 7.68. The fraction of sp³-hybridized carbons (Fsp3) is 0.562. The average molecular weight is 522 g/mol. The van der Waals surface area contributed by atoms with Crippen LogP contribution < -0.4 is 5.32 Å². The molecule has 0 spiro atoms. The number of cyclic esters (lactones) is 1. The summed E-state index contributed by atoms with van der Waals surface area (Å²) in [6, 6.07) is 6.89.